The summed E-state index contributed by atoms with van der Waals surface area (Å²) >= 11 is 6.23. The molecule has 1 aromatic heterocycles. The quantitative estimate of drug-likeness (QED) is 0.857. The molecule has 0 bridgehead atoms. The van der Waals surface area contributed by atoms with Gasteiger partial charge in [0.2, 0.25) is 11.7 Å². The number of rotatable bonds is 4. The summed E-state index contributed by atoms with van der Waals surface area (Å²) in [4.78, 5) is 26.9. The van der Waals surface area contributed by atoms with Crippen molar-refractivity contribution in [2.75, 3.05) is 33.8 Å². The zero-order valence-corrected chi connectivity index (χ0v) is 13.7. The molecule has 23 heavy (non-hydrogen) atoms. The van der Waals surface area contributed by atoms with E-state index in [2.05, 4.69) is 0 Å². The van der Waals surface area contributed by atoms with E-state index in [1.165, 1.54) is 4.90 Å². The topological polar surface area (TPSA) is 63.0 Å². The lowest BCUT2D eigenvalue weighted by atomic mass is 10.1. The van der Waals surface area contributed by atoms with Crippen molar-refractivity contribution in [2.24, 2.45) is 0 Å². The van der Waals surface area contributed by atoms with E-state index >= 15 is 0 Å². The smallest absolute Gasteiger partial charge is 0.291 e. The van der Waals surface area contributed by atoms with E-state index in [0.29, 0.717) is 23.7 Å². The number of halogens is 1. The van der Waals surface area contributed by atoms with Crippen LogP contribution in [0.25, 0.3) is 11.0 Å². The Balaban J connectivity index is 1.60. The van der Waals surface area contributed by atoms with E-state index in [0.717, 1.165) is 5.39 Å². The third-order valence-electron chi connectivity index (χ3n) is 3.81. The van der Waals surface area contributed by atoms with Crippen molar-refractivity contribution >= 4 is 34.4 Å². The third kappa shape index (κ3) is 3.04. The first-order valence-corrected chi connectivity index (χ1v) is 7.63. The van der Waals surface area contributed by atoms with Crippen molar-refractivity contribution in [3.8, 4) is 0 Å². The molecule has 7 heteroatoms. The van der Waals surface area contributed by atoms with Crippen LogP contribution in [0.4, 0.5) is 0 Å². The van der Waals surface area contributed by atoms with E-state index < -0.39 is 0 Å². The molecule has 1 fully saturated rings. The van der Waals surface area contributed by atoms with Gasteiger partial charge in [0.1, 0.15) is 12.2 Å². The van der Waals surface area contributed by atoms with E-state index in [1.54, 1.807) is 25.1 Å². The summed E-state index contributed by atoms with van der Waals surface area (Å²) in [6.07, 6.45) is -0.133. The third-order valence-corrected chi connectivity index (χ3v) is 4.18. The van der Waals surface area contributed by atoms with E-state index in [9.17, 15) is 9.59 Å². The average molecular weight is 337 g/mol. The van der Waals surface area contributed by atoms with E-state index in [-0.39, 0.29) is 30.3 Å². The molecule has 1 saturated heterocycles. The SMILES string of the molecule is CN(C)C(=O)COC1CN(C(=O)c2oc3ccccc3c2Cl)C1. The zero-order chi connectivity index (χ0) is 16.6. The Morgan fingerprint density at radius 3 is 2.70 bits per heavy atom. The maximum atomic E-state index is 12.4. The summed E-state index contributed by atoms with van der Waals surface area (Å²) in [5.41, 5.74) is 0.589. The largest absolute Gasteiger partial charge is 0.449 e. The summed E-state index contributed by atoms with van der Waals surface area (Å²) < 4.78 is 11.0. The number of likely N-dealkylation sites (tertiary alicyclic amines) is 1. The maximum Gasteiger partial charge on any atom is 0.291 e. The molecule has 0 radical (unpaired) electrons. The van der Waals surface area contributed by atoms with Crippen LogP contribution in [-0.2, 0) is 9.53 Å². The van der Waals surface area contributed by atoms with Crippen LogP contribution in [0.15, 0.2) is 28.7 Å². The van der Waals surface area contributed by atoms with E-state index in [1.807, 2.05) is 18.2 Å². The van der Waals surface area contributed by atoms with Crippen LogP contribution in [-0.4, -0.2) is 61.5 Å². The van der Waals surface area contributed by atoms with Crippen LogP contribution in [0.3, 0.4) is 0 Å². The zero-order valence-electron chi connectivity index (χ0n) is 12.9. The molecule has 122 valence electrons. The minimum atomic E-state index is -0.259. The number of hydrogen-bond donors (Lipinski definition) is 0. The Kier molecular flexibility index (Phi) is 4.28. The number of furan rings is 1. The molecule has 0 aliphatic carbocycles. The molecule has 2 heterocycles. The van der Waals surface area contributed by atoms with Gasteiger partial charge < -0.3 is 19.0 Å². The van der Waals surface area contributed by atoms with Crippen LogP contribution >= 0.6 is 11.6 Å². The number of nitrogens with zero attached hydrogens (tertiary/aromatic N) is 2. The van der Waals surface area contributed by atoms with Gasteiger partial charge in [0.25, 0.3) is 5.91 Å². The number of ether oxygens (including phenoxy) is 1. The van der Waals surface area contributed by atoms with E-state index in [4.69, 9.17) is 20.8 Å². The van der Waals surface area contributed by atoms with Crippen molar-refractivity contribution in [1.29, 1.82) is 0 Å². The number of likely N-dealkylation sites (N-methyl/N-ethyl adjacent to an activating group) is 1. The Labute approximate surface area is 138 Å². The Morgan fingerprint density at radius 1 is 1.35 bits per heavy atom. The van der Waals surface area contributed by atoms with Crippen LogP contribution in [0, 0.1) is 0 Å². The molecule has 6 nitrogen and oxygen atoms in total. The van der Waals surface area contributed by atoms with Gasteiger partial charge in [-0.25, -0.2) is 0 Å². The number of hydrogen-bond acceptors (Lipinski definition) is 4. The minimum absolute atomic E-state index is 0.0189. The molecular formula is C16H17ClN2O4. The van der Waals surface area contributed by atoms with Crippen LogP contribution in [0.1, 0.15) is 10.6 Å². The predicted molar refractivity (Wildman–Crippen MR) is 85.6 cm³/mol. The number of carbonyl (C=O) groups excluding carboxylic acids is 2. The number of carbonyl (C=O) groups is 2. The molecular weight excluding hydrogens is 320 g/mol. The maximum absolute atomic E-state index is 12.4. The lowest BCUT2D eigenvalue weighted by Crippen LogP contribution is -2.55. The van der Waals surface area contributed by atoms with Gasteiger partial charge in [-0.05, 0) is 12.1 Å². The number of benzene rings is 1. The summed E-state index contributed by atoms with van der Waals surface area (Å²) in [5, 5.41) is 1.06. The lowest BCUT2D eigenvalue weighted by Gasteiger charge is -2.38. The van der Waals surface area contributed by atoms with Gasteiger partial charge in [-0.2, -0.15) is 0 Å². The molecule has 3 rings (SSSR count). The van der Waals surface area contributed by atoms with Crippen molar-refractivity contribution in [1.82, 2.24) is 9.80 Å². The van der Waals surface area contributed by atoms with Crippen molar-refractivity contribution in [3.63, 3.8) is 0 Å². The molecule has 1 aliphatic rings. The van der Waals surface area contributed by atoms with Gasteiger partial charge in [0, 0.05) is 32.6 Å². The molecule has 0 atom stereocenters. The molecule has 2 aromatic rings. The highest BCUT2D eigenvalue weighted by molar-refractivity contribution is 6.38. The van der Waals surface area contributed by atoms with Gasteiger partial charge >= 0.3 is 0 Å². The van der Waals surface area contributed by atoms with Crippen molar-refractivity contribution in [2.45, 2.75) is 6.10 Å². The fourth-order valence-electron chi connectivity index (χ4n) is 2.32. The normalized spacial score (nSPS) is 14.8. The van der Waals surface area contributed by atoms with Gasteiger partial charge in [0.15, 0.2) is 0 Å². The number of fused-ring (bicyclic) bond motifs is 1. The fraction of sp³-hybridized carbons (Fsp3) is 0.375. The van der Waals surface area contributed by atoms with Crippen LogP contribution in [0.5, 0.6) is 0 Å². The monoisotopic (exact) mass is 336 g/mol. The summed E-state index contributed by atoms with van der Waals surface area (Å²) in [5.74, 6) is -0.212. The first-order valence-electron chi connectivity index (χ1n) is 7.25. The first-order chi connectivity index (χ1) is 11.0. The highest BCUT2D eigenvalue weighted by atomic mass is 35.5. The van der Waals surface area contributed by atoms with Gasteiger partial charge in [-0.15, -0.1) is 0 Å². The van der Waals surface area contributed by atoms with Crippen LogP contribution < -0.4 is 0 Å². The minimum Gasteiger partial charge on any atom is -0.449 e. The Morgan fingerprint density at radius 2 is 2.04 bits per heavy atom. The lowest BCUT2D eigenvalue weighted by molar-refractivity contribution is -0.138. The molecule has 1 aliphatic heterocycles. The van der Waals surface area contributed by atoms with Gasteiger partial charge in [-0.3, -0.25) is 9.59 Å². The van der Waals surface area contributed by atoms with Crippen molar-refractivity contribution in [3.05, 3.63) is 35.0 Å². The number of amides is 2. The summed E-state index contributed by atoms with van der Waals surface area (Å²) in [6.45, 7) is 0.866. The second-order valence-corrected chi connectivity index (χ2v) is 6.05. The second kappa shape index (κ2) is 6.22. The molecule has 0 spiro atoms. The highest BCUT2D eigenvalue weighted by Gasteiger charge is 2.35. The first kappa shape index (κ1) is 15.8. The van der Waals surface area contributed by atoms with Gasteiger partial charge in [0.05, 0.1) is 11.1 Å². The highest BCUT2D eigenvalue weighted by Crippen LogP contribution is 2.32. The molecule has 1 aromatic carbocycles. The predicted octanol–water partition coefficient (Wildman–Crippen LogP) is 2.02. The fourth-order valence-corrected chi connectivity index (χ4v) is 2.60. The second-order valence-electron chi connectivity index (χ2n) is 5.67. The Hall–Kier alpha value is -2.05. The van der Waals surface area contributed by atoms with Crippen molar-refractivity contribution < 1.29 is 18.7 Å². The van der Waals surface area contributed by atoms with Gasteiger partial charge in [-0.1, -0.05) is 23.7 Å². The standard InChI is InChI=1S/C16H17ClN2O4/c1-18(2)13(20)9-22-10-7-19(8-10)16(21)15-14(17)11-5-3-4-6-12(11)23-15/h3-6,10H,7-9H2,1-2H3. The number of para-hydroxylation sites is 1. The Bertz CT molecular complexity index is 750. The molecule has 0 unspecified atom stereocenters. The van der Waals surface area contributed by atoms with Crippen LogP contribution in [0.2, 0.25) is 5.02 Å². The molecule has 0 saturated carbocycles. The average Bonchev–Trinajstić information content (AvgIpc) is 2.82. The summed E-state index contributed by atoms with van der Waals surface area (Å²) in [7, 11) is 3.34. The summed E-state index contributed by atoms with van der Waals surface area (Å²) in [6, 6.07) is 7.25. The molecule has 2 amide bonds. The molecule has 0 N–H and O–H groups in total.